The van der Waals surface area contributed by atoms with E-state index >= 15 is 0 Å². The maximum atomic E-state index is 13.0. The van der Waals surface area contributed by atoms with Crippen LogP contribution < -0.4 is 11.1 Å². The van der Waals surface area contributed by atoms with Gasteiger partial charge in [-0.3, -0.25) is 14.0 Å². The van der Waals surface area contributed by atoms with E-state index in [9.17, 15) is 22.8 Å². The number of aromatic nitrogens is 4. The number of hydrogen-bond donors (Lipinski definition) is 2. The van der Waals surface area contributed by atoms with Gasteiger partial charge in [0.05, 0.1) is 11.6 Å². The summed E-state index contributed by atoms with van der Waals surface area (Å²) in [4.78, 5) is 39.6. The number of nitrogen functional groups attached to an aromatic ring is 1. The molecule has 1 fully saturated rings. The second-order valence-electron chi connectivity index (χ2n) is 8.70. The maximum absolute atomic E-state index is 13.0. The standard InChI is InChI=1S/C26H22F3N7O2/c1-2-20(37)35-12-3-4-18(35)24-34-21(22-23(30)32-11-13-36(22)24)15-5-7-16(8-6-15)25(38)33-19-14-17(9-10-31-19)26(27,28)29/h2,5-11,13-14,18H,1,3-4,12H2,(H2,30,32)(H,31,33,38)/t18-/m0/s1. The van der Waals surface area contributed by atoms with Gasteiger partial charge in [0, 0.05) is 36.3 Å². The Bertz CT molecular complexity index is 1550. The highest BCUT2D eigenvalue weighted by Crippen LogP contribution is 2.36. The lowest BCUT2D eigenvalue weighted by Gasteiger charge is -2.22. The molecule has 1 atom stereocenters. The van der Waals surface area contributed by atoms with E-state index in [0.29, 0.717) is 29.1 Å². The summed E-state index contributed by atoms with van der Waals surface area (Å²) in [6.07, 6.45) is 2.54. The Morgan fingerprint density at radius 2 is 1.89 bits per heavy atom. The molecule has 0 aliphatic carbocycles. The van der Waals surface area contributed by atoms with Crippen LogP contribution in [-0.2, 0) is 11.0 Å². The molecule has 38 heavy (non-hydrogen) atoms. The largest absolute Gasteiger partial charge is 0.416 e. The maximum Gasteiger partial charge on any atom is 0.416 e. The third-order valence-electron chi connectivity index (χ3n) is 6.37. The lowest BCUT2D eigenvalue weighted by molar-refractivity contribution is -0.137. The Kier molecular flexibility index (Phi) is 6.31. The van der Waals surface area contributed by atoms with Crippen LogP contribution >= 0.6 is 0 Å². The Balaban J connectivity index is 1.46. The van der Waals surface area contributed by atoms with Gasteiger partial charge in [0.15, 0.2) is 0 Å². The van der Waals surface area contributed by atoms with E-state index in [1.165, 1.54) is 18.2 Å². The normalized spacial score (nSPS) is 15.6. The van der Waals surface area contributed by atoms with Crippen LogP contribution in [0.25, 0.3) is 16.8 Å². The van der Waals surface area contributed by atoms with Gasteiger partial charge in [0.25, 0.3) is 5.91 Å². The lowest BCUT2D eigenvalue weighted by Crippen LogP contribution is -2.29. The Morgan fingerprint density at radius 3 is 2.61 bits per heavy atom. The highest BCUT2D eigenvalue weighted by atomic mass is 19.4. The molecule has 1 saturated heterocycles. The van der Waals surface area contributed by atoms with Crippen molar-refractivity contribution in [1.29, 1.82) is 0 Å². The number of amides is 2. The van der Waals surface area contributed by atoms with E-state index in [-0.39, 0.29) is 29.1 Å². The number of alkyl halides is 3. The van der Waals surface area contributed by atoms with Crippen LogP contribution in [0.5, 0.6) is 0 Å². The summed E-state index contributed by atoms with van der Waals surface area (Å²) in [5, 5.41) is 2.39. The van der Waals surface area contributed by atoms with Gasteiger partial charge in [0.1, 0.15) is 28.7 Å². The highest BCUT2D eigenvalue weighted by molar-refractivity contribution is 6.04. The van der Waals surface area contributed by atoms with E-state index < -0.39 is 17.6 Å². The van der Waals surface area contributed by atoms with Gasteiger partial charge in [-0.1, -0.05) is 18.7 Å². The van der Waals surface area contributed by atoms with E-state index in [2.05, 4.69) is 21.9 Å². The molecule has 4 heterocycles. The van der Waals surface area contributed by atoms with E-state index in [0.717, 1.165) is 31.2 Å². The highest BCUT2D eigenvalue weighted by Gasteiger charge is 2.33. The number of nitrogens with one attached hydrogen (secondary N) is 1. The number of nitrogens with zero attached hydrogens (tertiary/aromatic N) is 5. The van der Waals surface area contributed by atoms with Crippen LogP contribution in [0.3, 0.4) is 0 Å². The number of nitrogens with two attached hydrogens (primary N) is 1. The third-order valence-corrected chi connectivity index (χ3v) is 6.37. The molecule has 1 aliphatic heterocycles. The first-order valence-electron chi connectivity index (χ1n) is 11.7. The minimum Gasteiger partial charge on any atom is -0.382 e. The molecule has 0 radical (unpaired) electrons. The summed E-state index contributed by atoms with van der Waals surface area (Å²) in [6.45, 7) is 4.18. The van der Waals surface area contributed by atoms with Crippen molar-refractivity contribution in [2.45, 2.75) is 25.1 Å². The fraction of sp³-hybridized carbons (Fsp3) is 0.192. The number of imidazole rings is 1. The molecule has 9 nitrogen and oxygen atoms in total. The molecule has 0 spiro atoms. The van der Waals surface area contributed by atoms with Gasteiger partial charge in [0.2, 0.25) is 5.91 Å². The molecule has 194 valence electrons. The number of hydrogen-bond acceptors (Lipinski definition) is 6. The summed E-state index contributed by atoms with van der Waals surface area (Å²) in [6, 6.07) is 7.70. The number of fused-ring (bicyclic) bond motifs is 1. The SMILES string of the molecule is C=CC(=O)N1CCC[C@H]1c1nc(-c2ccc(C(=O)Nc3cc(C(F)(F)F)ccn3)cc2)c2c(N)nccn12. The molecule has 1 aromatic carbocycles. The number of anilines is 2. The van der Waals surface area contributed by atoms with E-state index in [1.807, 2.05) is 4.40 Å². The Morgan fingerprint density at radius 1 is 1.13 bits per heavy atom. The topological polar surface area (TPSA) is 119 Å². The minimum absolute atomic E-state index is 0.182. The van der Waals surface area contributed by atoms with E-state index in [4.69, 9.17) is 10.7 Å². The molecular weight excluding hydrogens is 499 g/mol. The van der Waals surface area contributed by atoms with Gasteiger partial charge in [-0.25, -0.2) is 15.0 Å². The first-order valence-corrected chi connectivity index (χ1v) is 11.7. The van der Waals surface area contributed by atoms with Gasteiger partial charge in [-0.15, -0.1) is 0 Å². The zero-order valence-corrected chi connectivity index (χ0v) is 19.9. The predicted octanol–water partition coefficient (Wildman–Crippen LogP) is 4.49. The van der Waals surface area contributed by atoms with Crippen LogP contribution in [0.1, 0.15) is 40.6 Å². The minimum atomic E-state index is -4.55. The molecule has 3 N–H and O–H groups in total. The van der Waals surface area contributed by atoms with Gasteiger partial charge < -0.3 is 16.0 Å². The van der Waals surface area contributed by atoms with Crippen LogP contribution in [-0.4, -0.2) is 42.6 Å². The van der Waals surface area contributed by atoms with Crippen molar-refractivity contribution in [3.05, 3.63) is 84.6 Å². The lowest BCUT2D eigenvalue weighted by atomic mass is 10.1. The van der Waals surface area contributed by atoms with Crippen molar-refractivity contribution in [2.24, 2.45) is 0 Å². The number of pyridine rings is 1. The second-order valence-corrected chi connectivity index (χ2v) is 8.70. The molecule has 0 saturated carbocycles. The van der Waals surface area contributed by atoms with Crippen LogP contribution in [0.15, 0.2) is 67.6 Å². The molecule has 5 rings (SSSR count). The van der Waals surface area contributed by atoms with Crippen molar-refractivity contribution >= 4 is 29.0 Å². The van der Waals surface area contributed by atoms with Crippen LogP contribution in [0, 0.1) is 0 Å². The molecule has 0 bridgehead atoms. The predicted molar refractivity (Wildman–Crippen MR) is 134 cm³/mol. The molecule has 3 aromatic heterocycles. The van der Waals surface area contributed by atoms with E-state index in [1.54, 1.807) is 29.4 Å². The van der Waals surface area contributed by atoms with Crippen LogP contribution in [0.2, 0.25) is 0 Å². The Hall–Kier alpha value is -4.74. The first-order chi connectivity index (χ1) is 18.2. The number of benzene rings is 1. The van der Waals surface area contributed by atoms with Crippen molar-refractivity contribution in [2.75, 3.05) is 17.6 Å². The molecular formula is C26H22F3N7O2. The van der Waals surface area contributed by atoms with Crippen molar-refractivity contribution in [3.8, 4) is 11.3 Å². The summed E-state index contributed by atoms with van der Waals surface area (Å²) in [7, 11) is 0. The zero-order valence-electron chi connectivity index (χ0n) is 19.9. The fourth-order valence-electron chi connectivity index (χ4n) is 4.58. The summed E-state index contributed by atoms with van der Waals surface area (Å²) < 4.78 is 40.7. The molecule has 12 heteroatoms. The number of rotatable bonds is 5. The van der Waals surface area contributed by atoms with Crippen molar-refractivity contribution in [3.63, 3.8) is 0 Å². The second kappa shape index (κ2) is 9.61. The summed E-state index contributed by atoms with van der Waals surface area (Å²) >= 11 is 0. The number of carbonyl (C=O) groups excluding carboxylic acids is 2. The van der Waals surface area contributed by atoms with Gasteiger partial charge in [-0.05, 0) is 43.2 Å². The third kappa shape index (κ3) is 4.56. The fourth-order valence-corrected chi connectivity index (χ4v) is 4.58. The van der Waals surface area contributed by atoms with Gasteiger partial charge >= 0.3 is 6.18 Å². The smallest absolute Gasteiger partial charge is 0.382 e. The number of carbonyl (C=O) groups is 2. The molecule has 2 amide bonds. The number of likely N-dealkylation sites (tertiary alicyclic amines) is 1. The monoisotopic (exact) mass is 521 g/mol. The quantitative estimate of drug-likeness (QED) is 0.374. The van der Waals surface area contributed by atoms with Gasteiger partial charge in [-0.2, -0.15) is 13.2 Å². The zero-order chi connectivity index (χ0) is 27.0. The average Bonchev–Trinajstić information content (AvgIpc) is 3.54. The summed E-state index contributed by atoms with van der Waals surface area (Å²) in [5.74, 6) is -0.136. The molecule has 4 aromatic rings. The summed E-state index contributed by atoms with van der Waals surface area (Å²) in [5.41, 5.74) is 7.23. The van der Waals surface area contributed by atoms with Crippen molar-refractivity contribution < 1.29 is 22.8 Å². The first kappa shape index (κ1) is 24.9. The average molecular weight is 522 g/mol. The molecule has 0 unspecified atom stereocenters. The van der Waals surface area contributed by atoms with Crippen LogP contribution in [0.4, 0.5) is 24.8 Å². The van der Waals surface area contributed by atoms with Crippen molar-refractivity contribution in [1.82, 2.24) is 24.3 Å². The number of halogens is 3. The molecule has 1 aliphatic rings. The Labute approximate surface area is 214 Å².